The summed E-state index contributed by atoms with van der Waals surface area (Å²) in [6.45, 7) is 0.873. The average Bonchev–Trinajstić information content (AvgIpc) is 3.13. The Bertz CT molecular complexity index is 1130. The van der Waals surface area contributed by atoms with Crippen LogP contribution in [0.1, 0.15) is 17.3 Å². The smallest absolute Gasteiger partial charge is 0.352 e. The number of nitrogens with zero attached hydrogens (tertiary/aromatic N) is 1. The first-order valence-corrected chi connectivity index (χ1v) is 11.9. The summed E-state index contributed by atoms with van der Waals surface area (Å²) < 4.78 is 12.5. The van der Waals surface area contributed by atoms with E-state index < -0.39 is 51.9 Å². The lowest BCUT2D eigenvalue weighted by atomic mass is 9.98. The number of carboxylic acid groups (broad SMARTS) is 2. The third kappa shape index (κ3) is 4.50. The van der Waals surface area contributed by atoms with Crippen molar-refractivity contribution in [3.05, 3.63) is 27.2 Å². The van der Waals surface area contributed by atoms with Crippen LogP contribution in [0.5, 0.6) is 0 Å². The van der Waals surface area contributed by atoms with Gasteiger partial charge in [0.2, 0.25) is 5.91 Å². The topological polar surface area (TPSA) is 192 Å². The molecule has 0 aromatic carbocycles. The molecular weight excluding hydrogens is 502 g/mol. The molecule has 0 unspecified atom stereocenters. The molecule has 0 saturated carbocycles. The van der Waals surface area contributed by atoms with E-state index in [1.165, 1.54) is 14.0 Å². The molecule has 2 aliphatic heterocycles. The van der Waals surface area contributed by atoms with Gasteiger partial charge in [0.15, 0.2) is 5.56 Å². The minimum absolute atomic E-state index is 0.0916. The maximum absolute atomic E-state index is 12.9. The highest BCUT2D eigenvalue weighted by atomic mass is 32.2. The minimum atomic E-state index is -1.84. The molecule has 33 heavy (non-hydrogen) atoms. The number of fused-ring (bicyclic) bond motifs is 1. The molecule has 0 bridgehead atoms. The summed E-state index contributed by atoms with van der Waals surface area (Å²) in [4.78, 5) is 72.1. The number of β-lactam (4-membered cyclic amide) rings is 1. The van der Waals surface area contributed by atoms with Crippen LogP contribution in [0.3, 0.4) is 0 Å². The molecule has 1 aromatic heterocycles. The lowest BCUT2D eigenvalue weighted by Gasteiger charge is -2.55. The minimum Gasteiger partial charge on any atom is -0.477 e. The zero-order valence-corrected chi connectivity index (χ0v) is 19.5. The Hall–Kier alpha value is -2.82. The Kier molecular flexibility index (Phi) is 7.20. The zero-order chi connectivity index (χ0) is 24.5. The van der Waals surface area contributed by atoms with E-state index in [2.05, 4.69) is 9.69 Å². The number of carbonyl (C=O) groups is 5. The summed E-state index contributed by atoms with van der Waals surface area (Å²) >= 11 is 2.68. The van der Waals surface area contributed by atoms with Gasteiger partial charge in [-0.3, -0.25) is 28.5 Å². The summed E-state index contributed by atoms with van der Waals surface area (Å²) in [5.41, 5.74) is -3.22. The van der Waals surface area contributed by atoms with E-state index in [0.29, 0.717) is 0 Å². The summed E-state index contributed by atoms with van der Waals surface area (Å²) in [7, 11) is 1.18. The monoisotopic (exact) mass is 519 g/mol. The van der Waals surface area contributed by atoms with E-state index in [-0.39, 0.29) is 33.6 Å². The second kappa shape index (κ2) is 9.58. The number of nitrogens with one attached hydrogen (secondary N) is 2. The van der Waals surface area contributed by atoms with Crippen LogP contribution in [0, 0.1) is 0 Å². The number of aromatic carboxylic acids is 1. The van der Waals surface area contributed by atoms with Gasteiger partial charge in [0, 0.05) is 25.4 Å². The number of ether oxygens (including phenoxy) is 2. The number of aromatic nitrogens is 1. The zero-order valence-electron chi connectivity index (χ0n) is 17.0. The number of hydrogen-bond acceptors (Lipinski definition) is 11. The Labute approximate surface area is 197 Å². The van der Waals surface area contributed by atoms with Crippen LogP contribution in [0.4, 0.5) is 0 Å². The number of H-pyrrole nitrogens is 1. The molecule has 4 N–H and O–H groups in total. The summed E-state index contributed by atoms with van der Waals surface area (Å²) in [5.74, 6) is -5.18. The van der Waals surface area contributed by atoms with Crippen molar-refractivity contribution in [2.45, 2.75) is 22.2 Å². The molecule has 0 aliphatic carbocycles. The maximum atomic E-state index is 12.9. The second-order valence-electron chi connectivity index (χ2n) is 6.65. The van der Waals surface area contributed by atoms with Gasteiger partial charge < -0.3 is 25.0 Å². The highest BCUT2D eigenvalue weighted by Gasteiger charge is 2.66. The van der Waals surface area contributed by atoms with Gasteiger partial charge in [-0.1, -0.05) is 11.5 Å². The molecule has 178 valence electrons. The number of rotatable bonds is 9. The number of aromatic amines is 1. The van der Waals surface area contributed by atoms with E-state index in [0.717, 1.165) is 40.0 Å². The van der Waals surface area contributed by atoms with E-state index in [9.17, 15) is 33.9 Å². The maximum Gasteiger partial charge on any atom is 0.352 e. The third-order valence-corrected chi connectivity index (χ3v) is 8.15. The van der Waals surface area contributed by atoms with Gasteiger partial charge in [0.1, 0.15) is 17.7 Å². The molecule has 0 radical (unpaired) electrons. The molecule has 1 aromatic rings. The van der Waals surface area contributed by atoms with Gasteiger partial charge in [-0.25, -0.2) is 9.59 Å². The standard InChI is InChI=1S/C17H17N3O10S3/c1-6(21)30-3-7-4-32-16-17(29-2,15(28)20(16)10(7)13(26)27)18-8(22)5-31-14-9(12(24)25)11(23)19-33-14/h16H,3-5H2,1-2H3,(H,18,22)(H,19,23)(H,24,25)(H,26,27)/t16-,17+/m1/s1. The number of carbonyl (C=O) groups excluding carboxylic acids is 3. The van der Waals surface area contributed by atoms with Crippen LogP contribution >= 0.6 is 35.1 Å². The number of hydrogen-bond donors (Lipinski definition) is 4. The van der Waals surface area contributed by atoms with Crippen molar-refractivity contribution in [3.63, 3.8) is 0 Å². The van der Waals surface area contributed by atoms with Crippen LogP contribution in [0.2, 0.25) is 0 Å². The Morgan fingerprint density at radius 3 is 2.55 bits per heavy atom. The predicted molar refractivity (Wildman–Crippen MR) is 115 cm³/mol. The van der Waals surface area contributed by atoms with Crippen LogP contribution in [0.25, 0.3) is 0 Å². The number of carboxylic acids is 2. The molecule has 3 heterocycles. The van der Waals surface area contributed by atoms with E-state index in [1.54, 1.807) is 0 Å². The number of methoxy groups -OCH3 is 1. The molecule has 2 atom stereocenters. The largest absolute Gasteiger partial charge is 0.477 e. The van der Waals surface area contributed by atoms with Crippen molar-refractivity contribution in [2.75, 3.05) is 25.2 Å². The van der Waals surface area contributed by atoms with Crippen LogP contribution in [-0.4, -0.2) is 85.5 Å². The van der Waals surface area contributed by atoms with Crippen molar-refractivity contribution < 1.29 is 43.7 Å². The van der Waals surface area contributed by atoms with Gasteiger partial charge in [-0.15, -0.1) is 23.5 Å². The van der Waals surface area contributed by atoms with Crippen LogP contribution in [0.15, 0.2) is 20.3 Å². The Morgan fingerprint density at radius 2 is 1.97 bits per heavy atom. The Balaban J connectivity index is 1.75. The first-order valence-electron chi connectivity index (χ1n) is 9.01. The number of thioether (sulfide) groups is 2. The van der Waals surface area contributed by atoms with Crippen molar-refractivity contribution in [3.8, 4) is 0 Å². The highest BCUT2D eigenvalue weighted by molar-refractivity contribution is 8.01. The normalized spacial score (nSPS) is 21.8. The molecular formula is C17H17N3O10S3. The van der Waals surface area contributed by atoms with Crippen molar-refractivity contribution in [2.24, 2.45) is 0 Å². The summed E-state index contributed by atoms with van der Waals surface area (Å²) in [5, 5.41) is 20.3. The van der Waals surface area contributed by atoms with Crippen molar-refractivity contribution >= 4 is 64.8 Å². The van der Waals surface area contributed by atoms with Gasteiger partial charge >= 0.3 is 17.9 Å². The number of esters is 1. The SMILES string of the molecule is CO[C@@]1(NC(=O)CSc2s[nH]c(=O)c2C(=O)O)C(=O)N2C(C(=O)O)=C(COC(C)=O)CS[C@@H]21. The summed E-state index contributed by atoms with van der Waals surface area (Å²) in [6, 6.07) is 0. The molecule has 1 fully saturated rings. The van der Waals surface area contributed by atoms with Crippen LogP contribution in [-0.2, 0) is 28.7 Å². The third-order valence-electron chi connectivity index (χ3n) is 4.63. The van der Waals surface area contributed by atoms with Crippen LogP contribution < -0.4 is 10.9 Å². The van der Waals surface area contributed by atoms with Gasteiger partial charge in [-0.05, 0) is 0 Å². The number of aliphatic carboxylic acids is 1. The molecule has 1 saturated heterocycles. The molecule has 16 heteroatoms. The first kappa shape index (κ1) is 24.8. The van der Waals surface area contributed by atoms with Gasteiger partial charge in [0.25, 0.3) is 17.2 Å². The van der Waals surface area contributed by atoms with Gasteiger partial charge in [-0.2, -0.15) is 0 Å². The molecule has 0 spiro atoms. The Morgan fingerprint density at radius 1 is 1.27 bits per heavy atom. The number of amides is 2. The molecule has 3 rings (SSSR count). The molecule has 2 aliphatic rings. The quantitative estimate of drug-likeness (QED) is 0.142. The lowest BCUT2D eigenvalue weighted by Crippen LogP contribution is -2.80. The predicted octanol–water partition coefficient (Wildman–Crippen LogP) is -0.497. The average molecular weight is 520 g/mol. The fourth-order valence-corrected chi connectivity index (χ4v) is 6.38. The van der Waals surface area contributed by atoms with Crippen molar-refractivity contribution in [1.29, 1.82) is 0 Å². The fraction of sp³-hybridized carbons (Fsp3) is 0.412. The van der Waals surface area contributed by atoms with E-state index >= 15 is 0 Å². The molecule has 2 amide bonds. The second-order valence-corrected chi connectivity index (χ2v) is 9.78. The van der Waals surface area contributed by atoms with E-state index in [4.69, 9.17) is 14.6 Å². The first-order chi connectivity index (χ1) is 15.5. The highest BCUT2D eigenvalue weighted by Crippen LogP contribution is 2.46. The molecule has 13 nitrogen and oxygen atoms in total. The van der Waals surface area contributed by atoms with Gasteiger partial charge in [0.05, 0.1) is 9.96 Å². The summed E-state index contributed by atoms with van der Waals surface area (Å²) in [6.07, 6.45) is 0. The van der Waals surface area contributed by atoms with E-state index in [1.807, 2.05) is 0 Å². The van der Waals surface area contributed by atoms with Crippen molar-refractivity contribution in [1.82, 2.24) is 14.6 Å². The fourth-order valence-electron chi connectivity index (χ4n) is 3.19. The lowest BCUT2D eigenvalue weighted by molar-refractivity contribution is -0.192.